The van der Waals surface area contributed by atoms with E-state index in [2.05, 4.69) is 21.2 Å². The SMILES string of the molecule is N#Cc1cc(Br)ccc1NC(=O)COc1ccccc1N. The maximum absolute atomic E-state index is 11.9. The lowest BCUT2D eigenvalue weighted by atomic mass is 10.2. The molecule has 0 unspecified atom stereocenters. The summed E-state index contributed by atoms with van der Waals surface area (Å²) in [5, 5.41) is 11.7. The normalized spacial score (nSPS) is 9.71. The molecule has 0 atom stereocenters. The molecule has 1 amide bonds. The molecule has 0 aliphatic rings. The van der Waals surface area contributed by atoms with Gasteiger partial charge in [-0.25, -0.2) is 0 Å². The average molecular weight is 346 g/mol. The summed E-state index contributed by atoms with van der Waals surface area (Å²) in [5.41, 5.74) is 6.99. The number of nitriles is 1. The van der Waals surface area contributed by atoms with E-state index in [9.17, 15) is 4.79 Å². The molecule has 0 spiro atoms. The lowest BCUT2D eigenvalue weighted by Crippen LogP contribution is -2.21. The summed E-state index contributed by atoms with van der Waals surface area (Å²) in [6.07, 6.45) is 0. The van der Waals surface area contributed by atoms with Gasteiger partial charge in [0.05, 0.1) is 16.9 Å². The van der Waals surface area contributed by atoms with Crippen LogP contribution in [0.4, 0.5) is 11.4 Å². The molecule has 0 saturated carbocycles. The van der Waals surface area contributed by atoms with E-state index in [0.717, 1.165) is 4.47 Å². The topological polar surface area (TPSA) is 88.1 Å². The molecule has 5 nitrogen and oxygen atoms in total. The molecule has 3 N–H and O–H groups in total. The molecule has 2 rings (SSSR count). The van der Waals surface area contributed by atoms with Crippen LogP contribution in [0.2, 0.25) is 0 Å². The molecule has 0 fully saturated rings. The van der Waals surface area contributed by atoms with Crippen LogP contribution in [-0.2, 0) is 4.79 Å². The third kappa shape index (κ3) is 3.97. The second kappa shape index (κ2) is 6.77. The highest BCUT2D eigenvalue weighted by Crippen LogP contribution is 2.21. The summed E-state index contributed by atoms with van der Waals surface area (Å²) in [6, 6.07) is 14.0. The van der Waals surface area contributed by atoms with E-state index >= 15 is 0 Å². The van der Waals surface area contributed by atoms with E-state index < -0.39 is 0 Å². The minimum absolute atomic E-state index is 0.185. The van der Waals surface area contributed by atoms with Crippen molar-refractivity contribution >= 4 is 33.2 Å². The molecule has 0 radical (unpaired) electrons. The second-order valence-electron chi connectivity index (χ2n) is 4.18. The van der Waals surface area contributed by atoms with Crippen molar-refractivity contribution in [3.8, 4) is 11.8 Å². The Hall–Kier alpha value is -2.52. The van der Waals surface area contributed by atoms with Crippen molar-refractivity contribution in [3.05, 3.63) is 52.5 Å². The Morgan fingerprint density at radius 1 is 1.33 bits per heavy atom. The number of nitrogens with two attached hydrogens (primary N) is 1. The van der Waals surface area contributed by atoms with Crippen LogP contribution < -0.4 is 15.8 Å². The van der Waals surface area contributed by atoms with E-state index in [1.807, 2.05) is 6.07 Å². The molecular formula is C15H12BrN3O2. The number of nitrogen functional groups attached to an aromatic ring is 1. The predicted octanol–water partition coefficient (Wildman–Crippen LogP) is 2.92. The van der Waals surface area contributed by atoms with Crippen LogP contribution in [0.15, 0.2) is 46.9 Å². The molecule has 0 bridgehead atoms. The number of carbonyl (C=O) groups is 1. The van der Waals surface area contributed by atoms with Gasteiger partial charge in [-0.2, -0.15) is 5.26 Å². The fourth-order valence-electron chi connectivity index (χ4n) is 1.66. The molecule has 0 saturated heterocycles. The number of hydrogen-bond acceptors (Lipinski definition) is 4. The Morgan fingerprint density at radius 2 is 2.10 bits per heavy atom. The van der Waals surface area contributed by atoms with Crippen molar-refractivity contribution in [1.29, 1.82) is 5.26 Å². The first-order valence-corrected chi connectivity index (χ1v) is 6.86. The number of ether oxygens (including phenoxy) is 1. The van der Waals surface area contributed by atoms with E-state index in [1.165, 1.54) is 0 Å². The van der Waals surface area contributed by atoms with Crippen molar-refractivity contribution in [2.24, 2.45) is 0 Å². The van der Waals surface area contributed by atoms with Crippen molar-refractivity contribution < 1.29 is 9.53 Å². The van der Waals surface area contributed by atoms with Gasteiger partial charge in [0.15, 0.2) is 6.61 Å². The van der Waals surface area contributed by atoms with E-state index in [4.69, 9.17) is 15.7 Å². The minimum atomic E-state index is -0.364. The lowest BCUT2D eigenvalue weighted by molar-refractivity contribution is -0.118. The predicted molar refractivity (Wildman–Crippen MR) is 83.8 cm³/mol. The third-order valence-corrected chi connectivity index (χ3v) is 3.15. The summed E-state index contributed by atoms with van der Waals surface area (Å²) in [5.74, 6) is 0.0843. The molecule has 2 aromatic rings. The van der Waals surface area contributed by atoms with Gasteiger partial charge in [-0.15, -0.1) is 0 Å². The zero-order valence-corrected chi connectivity index (χ0v) is 12.6. The highest BCUT2D eigenvalue weighted by atomic mass is 79.9. The van der Waals surface area contributed by atoms with E-state index in [1.54, 1.807) is 42.5 Å². The van der Waals surface area contributed by atoms with Crippen molar-refractivity contribution in [2.75, 3.05) is 17.7 Å². The second-order valence-corrected chi connectivity index (χ2v) is 5.09. The molecule has 0 aromatic heterocycles. The number of anilines is 2. The van der Waals surface area contributed by atoms with Gasteiger partial charge in [-0.3, -0.25) is 4.79 Å². The molecular weight excluding hydrogens is 334 g/mol. The average Bonchev–Trinajstić information content (AvgIpc) is 2.48. The van der Waals surface area contributed by atoms with Gasteiger partial charge in [0.2, 0.25) is 0 Å². The zero-order chi connectivity index (χ0) is 15.2. The summed E-state index contributed by atoms with van der Waals surface area (Å²) >= 11 is 3.27. The van der Waals surface area contributed by atoms with E-state index in [0.29, 0.717) is 22.7 Å². The van der Waals surface area contributed by atoms with Crippen LogP contribution in [0, 0.1) is 11.3 Å². The number of nitrogens with one attached hydrogen (secondary N) is 1. The van der Waals surface area contributed by atoms with Crippen molar-refractivity contribution in [1.82, 2.24) is 0 Å². The fourth-order valence-corrected chi connectivity index (χ4v) is 2.02. The van der Waals surface area contributed by atoms with Gasteiger partial charge in [-0.1, -0.05) is 28.1 Å². The molecule has 0 aliphatic heterocycles. The number of rotatable bonds is 4. The van der Waals surface area contributed by atoms with Gasteiger partial charge in [0.25, 0.3) is 5.91 Å². The molecule has 21 heavy (non-hydrogen) atoms. The van der Waals surface area contributed by atoms with Crippen molar-refractivity contribution in [2.45, 2.75) is 0 Å². The van der Waals surface area contributed by atoms with Gasteiger partial charge in [-0.05, 0) is 30.3 Å². The van der Waals surface area contributed by atoms with Crippen molar-refractivity contribution in [3.63, 3.8) is 0 Å². The Labute approximate surface area is 130 Å². The Bertz CT molecular complexity index is 710. The Kier molecular flexibility index (Phi) is 4.80. The standard InChI is InChI=1S/C15H12BrN3O2/c16-11-5-6-13(10(7-11)8-17)19-15(20)9-21-14-4-2-1-3-12(14)18/h1-7H,9,18H2,(H,19,20). The van der Waals surface area contributed by atoms with Crippen LogP contribution in [0.5, 0.6) is 5.75 Å². The smallest absolute Gasteiger partial charge is 0.262 e. The number of benzene rings is 2. The fraction of sp³-hybridized carbons (Fsp3) is 0.0667. The van der Waals surface area contributed by atoms with Gasteiger partial charge in [0, 0.05) is 4.47 Å². The van der Waals surface area contributed by atoms with Gasteiger partial charge < -0.3 is 15.8 Å². The monoisotopic (exact) mass is 345 g/mol. The van der Waals surface area contributed by atoms with Gasteiger partial charge >= 0.3 is 0 Å². The first-order chi connectivity index (χ1) is 10.1. The molecule has 2 aromatic carbocycles. The number of hydrogen-bond donors (Lipinski definition) is 2. The summed E-state index contributed by atoms with van der Waals surface area (Å²) in [4.78, 5) is 11.9. The zero-order valence-electron chi connectivity index (χ0n) is 11.0. The first-order valence-electron chi connectivity index (χ1n) is 6.07. The molecule has 106 valence electrons. The highest BCUT2D eigenvalue weighted by molar-refractivity contribution is 9.10. The first kappa shape index (κ1) is 14.9. The van der Waals surface area contributed by atoms with Crippen LogP contribution in [0.25, 0.3) is 0 Å². The molecule has 0 heterocycles. The van der Waals surface area contributed by atoms with Crippen LogP contribution in [0.1, 0.15) is 5.56 Å². The van der Waals surface area contributed by atoms with Crippen LogP contribution >= 0.6 is 15.9 Å². The van der Waals surface area contributed by atoms with E-state index in [-0.39, 0.29) is 12.5 Å². The number of para-hydroxylation sites is 2. The largest absolute Gasteiger partial charge is 0.482 e. The third-order valence-electron chi connectivity index (χ3n) is 2.65. The quantitative estimate of drug-likeness (QED) is 0.833. The van der Waals surface area contributed by atoms with Crippen LogP contribution in [0.3, 0.4) is 0 Å². The highest BCUT2D eigenvalue weighted by Gasteiger charge is 2.09. The number of halogens is 1. The Balaban J connectivity index is 2.00. The minimum Gasteiger partial charge on any atom is -0.482 e. The summed E-state index contributed by atoms with van der Waals surface area (Å²) in [6.45, 7) is -0.185. The number of nitrogens with zero attached hydrogens (tertiary/aromatic N) is 1. The Morgan fingerprint density at radius 3 is 2.81 bits per heavy atom. The molecule has 0 aliphatic carbocycles. The van der Waals surface area contributed by atoms with Crippen LogP contribution in [-0.4, -0.2) is 12.5 Å². The molecule has 6 heteroatoms. The number of carbonyl (C=O) groups excluding carboxylic acids is 1. The lowest BCUT2D eigenvalue weighted by Gasteiger charge is -2.10. The number of amides is 1. The summed E-state index contributed by atoms with van der Waals surface area (Å²) < 4.78 is 6.11. The maximum Gasteiger partial charge on any atom is 0.262 e. The summed E-state index contributed by atoms with van der Waals surface area (Å²) in [7, 11) is 0. The maximum atomic E-state index is 11.9. The van der Waals surface area contributed by atoms with Gasteiger partial charge in [0.1, 0.15) is 11.8 Å².